The Bertz CT molecular complexity index is 899. The van der Waals surface area contributed by atoms with Gasteiger partial charge in [-0.15, -0.1) is 5.10 Å². The Morgan fingerprint density at radius 2 is 2.04 bits per heavy atom. The molecule has 0 atom stereocenters. The van der Waals surface area contributed by atoms with Crippen LogP contribution in [0.2, 0.25) is 5.02 Å². The quantitative estimate of drug-likeness (QED) is 0.703. The Morgan fingerprint density at radius 3 is 2.74 bits per heavy atom. The summed E-state index contributed by atoms with van der Waals surface area (Å²) in [7, 11) is 1.71. The van der Waals surface area contributed by atoms with Gasteiger partial charge in [-0.25, -0.2) is 9.48 Å². The Labute approximate surface area is 161 Å². The average molecular weight is 387 g/mol. The first-order chi connectivity index (χ1) is 13.0. The molecule has 0 spiro atoms. The van der Waals surface area contributed by atoms with Gasteiger partial charge < -0.3 is 15.0 Å². The third-order valence-electron chi connectivity index (χ3n) is 3.91. The first-order valence-electron chi connectivity index (χ1n) is 8.27. The summed E-state index contributed by atoms with van der Waals surface area (Å²) in [6, 6.07) is 12.4. The van der Waals surface area contributed by atoms with Crippen LogP contribution in [0, 0.1) is 6.92 Å². The van der Waals surface area contributed by atoms with E-state index in [0.717, 1.165) is 11.3 Å². The zero-order valence-electron chi connectivity index (χ0n) is 15.0. The summed E-state index contributed by atoms with van der Waals surface area (Å²) < 4.78 is 7.16. The first-order valence-corrected chi connectivity index (χ1v) is 8.65. The molecule has 1 aromatic heterocycles. The van der Waals surface area contributed by atoms with Gasteiger partial charge in [0.1, 0.15) is 18.7 Å². The lowest BCUT2D eigenvalue weighted by molar-refractivity contribution is 0.207. The number of ether oxygens (including phenoxy) is 1. The molecule has 9 heteroatoms. The third-order valence-corrected chi connectivity index (χ3v) is 4.16. The SMILES string of the molecule is Cc1ccc(NC(=O)N(C)CCOc2ccc(Cl)cc2)cc1-n1cnnn1. The maximum atomic E-state index is 12.4. The fourth-order valence-corrected chi connectivity index (χ4v) is 2.48. The highest BCUT2D eigenvalue weighted by molar-refractivity contribution is 6.30. The number of hydrogen-bond acceptors (Lipinski definition) is 5. The van der Waals surface area contributed by atoms with E-state index in [1.54, 1.807) is 40.9 Å². The molecule has 2 aromatic carbocycles. The smallest absolute Gasteiger partial charge is 0.321 e. The number of tetrazole rings is 1. The third kappa shape index (κ3) is 4.95. The fraction of sp³-hybridized carbons (Fsp3) is 0.222. The Hall–Kier alpha value is -3.13. The van der Waals surface area contributed by atoms with E-state index < -0.39 is 0 Å². The molecular formula is C18H19ClN6O2. The highest BCUT2D eigenvalue weighted by Crippen LogP contribution is 2.19. The van der Waals surface area contributed by atoms with Crippen LogP contribution in [0.25, 0.3) is 5.69 Å². The van der Waals surface area contributed by atoms with E-state index in [1.165, 1.54) is 6.33 Å². The van der Waals surface area contributed by atoms with E-state index in [2.05, 4.69) is 20.8 Å². The Morgan fingerprint density at radius 1 is 1.26 bits per heavy atom. The molecule has 0 aliphatic rings. The highest BCUT2D eigenvalue weighted by Gasteiger charge is 2.11. The highest BCUT2D eigenvalue weighted by atomic mass is 35.5. The van der Waals surface area contributed by atoms with Gasteiger partial charge in [0, 0.05) is 17.8 Å². The minimum absolute atomic E-state index is 0.235. The molecule has 3 aromatic rings. The summed E-state index contributed by atoms with van der Waals surface area (Å²) in [5, 5.41) is 14.7. The van der Waals surface area contributed by atoms with Crippen LogP contribution in [0.15, 0.2) is 48.8 Å². The molecule has 0 saturated heterocycles. The summed E-state index contributed by atoms with van der Waals surface area (Å²) in [6.45, 7) is 2.75. The van der Waals surface area contributed by atoms with Crippen molar-refractivity contribution in [2.24, 2.45) is 0 Å². The van der Waals surface area contributed by atoms with E-state index in [-0.39, 0.29) is 6.03 Å². The van der Waals surface area contributed by atoms with E-state index >= 15 is 0 Å². The van der Waals surface area contributed by atoms with Gasteiger partial charge in [-0.2, -0.15) is 0 Å². The lowest BCUT2D eigenvalue weighted by Gasteiger charge is -2.19. The van der Waals surface area contributed by atoms with Gasteiger partial charge in [0.05, 0.1) is 12.2 Å². The molecule has 0 aliphatic carbocycles. The standard InChI is InChI=1S/C18H19ClN6O2/c1-13-3-6-15(11-17(13)25-12-20-22-23-25)21-18(26)24(2)9-10-27-16-7-4-14(19)5-8-16/h3-8,11-12H,9-10H2,1-2H3,(H,21,26). The molecule has 2 amide bonds. The zero-order chi connectivity index (χ0) is 19.2. The largest absolute Gasteiger partial charge is 0.492 e. The van der Waals surface area contributed by atoms with E-state index in [1.807, 2.05) is 25.1 Å². The van der Waals surface area contributed by atoms with Crippen molar-refractivity contribution in [1.82, 2.24) is 25.1 Å². The molecule has 0 fully saturated rings. The number of carbonyl (C=O) groups excluding carboxylic acids is 1. The van der Waals surface area contributed by atoms with Crippen molar-refractivity contribution in [3.63, 3.8) is 0 Å². The molecular weight excluding hydrogens is 368 g/mol. The van der Waals surface area contributed by atoms with E-state index in [0.29, 0.717) is 29.6 Å². The molecule has 8 nitrogen and oxygen atoms in total. The summed E-state index contributed by atoms with van der Waals surface area (Å²) >= 11 is 5.84. The van der Waals surface area contributed by atoms with Gasteiger partial charge in [0.2, 0.25) is 0 Å². The number of nitrogens with one attached hydrogen (secondary N) is 1. The summed E-state index contributed by atoms with van der Waals surface area (Å²) in [5.41, 5.74) is 2.44. The molecule has 140 valence electrons. The van der Waals surface area contributed by atoms with Gasteiger partial charge in [-0.1, -0.05) is 17.7 Å². The summed E-state index contributed by atoms with van der Waals surface area (Å²) in [4.78, 5) is 13.9. The number of amides is 2. The Balaban J connectivity index is 1.55. The van der Waals surface area contributed by atoms with E-state index in [4.69, 9.17) is 16.3 Å². The fourth-order valence-electron chi connectivity index (χ4n) is 2.36. The van der Waals surface area contributed by atoms with Gasteiger partial charge >= 0.3 is 6.03 Å². The second-order valence-electron chi connectivity index (χ2n) is 5.91. The number of urea groups is 1. The van der Waals surface area contributed by atoms with Crippen LogP contribution in [-0.4, -0.2) is 51.3 Å². The second kappa shape index (κ2) is 8.50. The van der Waals surface area contributed by atoms with E-state index in [9.17, 15) is 4.79 Å². The minimum Gasteiger partial charge on any atom is -0.492 e. The molecule has 1 heterocycles. The number of rotatable bonds is 6. The van der Waals surface area contributed by atoms with Crippen LogP contribution >= 0.6 is 11.6 Å². The van der Waals surface area contributed by atoms with Crippen molar-refractivity contribution in [2.75, 3.05) is 25.5 Å². The molecule has 3 rings (SSSR count). The number of aryl methyl sites for hydroxylation is 1. The van der Waals surface area contributed by atoms with Crippen molar-refractivity contribution in [3.8, 4) is 11.4 Å². The van der Waals surface area contributed by atoms with Crippen LogP contribution in [-0.2, 0) is 0 Å². The average Bonchev–Trinajstić information content (AvgIpc) is 3.19. The van der Waals surface area contributed by atoms with Crippen molar-refractivity contribution in [1.29, 1.82) is 0 Å². The van der Waals surface area contributed by atoms with Crippen molar-refractivity contribution in [2.45, 2.75) is 6.92 Å². The summed E-state index contributed by atoms with van der Waals surface area (Å²) in [5.74, 6) is 0.706. The van der Waals surface area contributed by atoms with Gasteiger partial charge in [0.25, 0.3) is 0 Å². The van der Waals surface area contributed by atoms with Crippen LogP contribution in [0.3, 0.4) is 0 Å². The predicted octanol–water partition coefficient (Wildman–Crippen LogP) is 3.17. The Kier molecular flexibility index (Phi) is 5.87. The van der Waals surface area contributed by atoms with Gasteiger partial charge in [-0.05, 0) is 59.3 Å². The number of anilines is 1. The topological polar surface area (TPSA) is 85.2 Å². The lowest BCUT2D eigenvalue weighted by atomic mass is 10.2. The van der Waals surface area contributed by atoms with Crippen molar-refractivity contribution < 1.29 is 9.53 Å². The number of aromatic nitrogens is 4. The minimum atomic E-state index is -0.235. The number of nitrogens with zero attached hydrogens (tertiary/aromatic N) is 5. The predicted molar refractivity (Wildman–Crippen MR) is 102 cm³/mol. The zero-order valence-corrected chi connectivity index (χ0v) is 15.7. The maximum absolute atomic E-state index is 12.4. The molecule has 1 N–H and O–H groups in total. The molecule has 0 unspecified atom stereocenters. The lowest BCUT2D eigenvalue weighted by Crippen LogP contribution is -2.34. The number of hydrogen-bond donors (Lipinski definition) is 1. The van der Waals surface area contributed by atoms with Crippen molar-refractivity contribution in [3.05, 3.63) is 59.4 Å². The first kappa shape index (κ1) is 18.7. The molecule has 27 heavy (non-hydrogen) atoms. The summed E-state index contributed by atoms with van der Waals surface area (Å²) in [6.07, 6.45) is 1.51. The van der Waals surface area contributed by atoms with Crippen LogP contribution in [0.1, 0.15) is 5.56 Å². The van der Waals surface area contributed by atoms with Crippen LogP contribution in [0.5, 0.6) is 5.75 Å². The van der Waals surface area contributed by atoms with Crippen molar-refractivity contribution >= 4 is 23.3 Å². The number of carbonyl (C=O) groups is 1. The monoisotopic (exact) mass is 386 g/mol. The normalized spacial score (nSPS) is 10.5. The molecule has 0 aliphatic heterocycles. The molecule has 0 radical (unpaired) electrons. The van der Waals surface area contributed by atoms with Gasteiger partial charge in [0.15, 0.2) is 0 Å². The molecule has 0 bridgehead atoms. The van der Waals surface area contributed by atoms with Gasteiger partial charge in [-0.3, -0.25) is 0 Å². The van der Waals surface area contributed by atoms with Crippen LogP contribution in [0.4, 0.5) is 10.5 Å². The number of likely N-dealkylation sites (N-methyl/N-ethyl adjacent to an activating group) is 1. The maximum Gasteiger partial charge on any atom is 0.321 e. The second-order valence-corrected chi connectivity index (χ2v) is 6.35. The van der Waals surface area contributed by atoms with Crippen LogP contribution < -0.4 is 10.1 Å². The molecule has 0 saturated carbocycles. The number of halogens is 1. The number of benzene rings is 2.